The molecule has 1 fully saturated rings. The molecule has 14 heavy (non-hydrogen) atoms. The molecular weight excluding hydrogens is 240 g/mol. The SMILES string of the molecule is CC(NC1CNC1)c1ccc(Br)cc1. The first-order valence-electron chi connectivity index (χ1n) is 4.98. The van der Waals surface area contributed by atoms with Crippen molar-refractivity contribution in [3.63, 3.8) is 0 Å². The van der Waals surface area contributed by atoms with Crippen molar-refractivity contribution in [1.29, 1.82) is 0 Å². The lowest BCUT2D eigenvalue weighted by Crippen LogP contribution is -2.55. The summed E-state index contributed by atoms with van der Waals surface area (Å²) >= 11 is 3.44. The van der Waals surface area contributed by atoms with E-state index >= 15 is 0 Å². The van der Waals surface area contributed by atoms with E-state index in [1.807, 2.05) is 0 Å². The summed E-state index contributed by atoms with van der Waals surface area (Å²) < 4.78 is 1.14. The summed E-state index contributed by atoms with van der Waals surface area (Å²) in [4.78, 5) is 0. The third kappa shape index (κ3) is 2.35. The normalized spacial score (nSPS) is 19.0. The standard InChI is InChI=1S/C11H15BrN2/c1-8(14-11-6-13-7-11)9-2-4-10(12)5-3-9/h2-5,8,11,13-14H,6-7H2,1H3. The molecule has 0 aliphatic carbocycles. The zero-order valence-electron chi connectivity index (χ0n) is 8.26. The van der Waals surface area contributed by atoms with Crippen LogP contribution in [-0.4, -0.2) is 19.1 Å². The van der Waals surface area contributed by atoms with Crippen LogP contribution in [0.25, 0.3) is 0 Å². The molecule has 1 atom stereocenters. The van der Waals surface area contributed by atoms with Crippen LogP contribution in [0.5, 0.6) is 0 Å². The molecule has 2 nitrogen and oxygen atoms in total. The Balaban J connectivity index is 1.95. The second-order valence-corrected chi connectivity index (χ2v) is 4.71. The number of hydrogen-bond donors (Lipinski definition) is 2. The Hall–Kier alpha value is -0.380. The summed E-state index contributed by atoms with van der Waals surface area (Å²) in [5.74, 6) is 0. The second-order valence-electron chi connectivity index (χ2n) is 3.80. The maximum absolute atomic E-state index is 3.57. The van der Waals surface area contributed by atoms with Gasteiger partial charge in [0.25, 0.3) is 0 Å². The molecule has 0 bridgehead atoms. The zero-order valence-corrected chi connectivity index (χ0v) is 9.84. The fraction of sp³-hybridized carbons (Fsp3) is 0.455. The van der Waals surface area contributed by atoms with Gasteiger partial charge in [0.05, 0.1) is 0 Å². The van der Waals surface area contributed by atoms with Gasteiger partial charge in [0.1, 0.15) is 0 Å². The van der Waals surface area contributed by atoms with Gasteiger partial charge in [-0.3, -0.25) is 0 Å². The van der Waals surface area contributed by atoms with Gasteiger partial charge in [0.15, 0.2) is 0 Å². The van der Waals surface area contributed by atoms with Crippen LogP contribution < -0.4 is 10.6 Å². The highest BCUT2D eigenvalue weighted by molar-refractivity contribution is 9.10. The molecule has 1 heterocycles. The van der Waals surface area contributed by atoms with Crippen molar-refractivity contribution in [3.8, 4) is 0 Å². The number of rotatable bonds is 3. The van der Waals surface area contributed by atoms with E-state index in [-0.39, 0.29) is 0 Å². The van der Waals surface area contributed by atoms with E-state index in [1.54, 1.807) is 0 Å². The van der Waals surface area contributed by atoms with Crippen LogP contribution >= 0.6 is 15.9 Å². The van der Waals surface area contributed by atoms with E-state index in [4.69, 9.17) is 0 Å². The van der Waals surface area contributed by atoms with Gasteiger partial charge >= 0.3 is 0 Å². The van der Waals surface area contributed by atoms with Gasteiger partial charge in [-0.25, -0.2) is 0 Å². The molecule has 76 valence electrons. The maximum atomic E-state index is 3.57. The Kier molecular flexibility index (Phi) is 3.21. The fourth-order valence-electron chi connectivity index (χ4n) is 1.61. The highest BCUT2D eigenvalue weighted by Gasteiger charge is 2.18. The van der Waals surface area contributed by atoms with E-state index in [0.717, 1.165) is 17.6 Å². The van der Waals surface area contributed by atoms with Crippen molar-refractivity contribution in [2.75, 3.05) is 13.1 Å². The first-order valence-corrected chi connectivity index (χ1v) is 5.77. The first kappa shape index (κ1) is 10.1. The zero-order chi connectivity index (χ0) is 9.97. The Morgan fingerprint density at radius 2 is 2.00 bits per heavy atom. The molecular formula is C11H15BrN2. The largest absolute Gasteiger partial charge is 0.314 e. The number of nitrogens with one attached hydrogen (secondary N) is 2. The van der Waals surface area contributed by atoms with Crippen LogP contribution in [0.4, 0.5) is 0 Å². The molecule has 0 saturated carbocycles. The quantitative estimate of drug-likeness (QED) is 0.864. The third-order valence-corrected chi connectivity index (χ3v) is 3.17. The maximum Gasteiger partial charge on any atom is 0.0322 e. The highest BCUT2D eigenvalue weighted by Crippen LogP contribution is 2.17. The highest BCUT2D eigenvalue weighted by atomic mass is 79.9. The van der Waals surface area contributed by atoms with Gasteiger partial charge in [0.2, 0.25) is 0 Å². The van der Waals surface area contributed by atoms with Gasteiger partial charge in [-0.1, -0.05) is 28.1 Å². The van der Waals surface area contributed by atoms with E-state index in [1.165, 1.54) is 5.56 Å². The van der Waals surface area contributed by atoms with E-state index in [2.05, 4.69) is 57.8 Å². The predicted octanol–water partition coefficient (Wildman–Crippen LogP) is 2.07. The van der Waals surface area contributed by atoms with Crippen molar-refractivity contribution in [3.05, 3.63) is 34.3 Å². The third-order valence-electron chi connectivity index (χ3n) is 2.64. The fourth-order valence-corrected chi connectivity index (χ4v) is 1.87. The summed E-state index contributed by atoms with van der Waals surface area (Å²) in [6.45, 7) is 4.41. The van der Waals surface area contributed by atoms with Crippen molar-refractivity contribution in [1.82, 2.24) is 10.6 Å². The van der Waals surface area contributed by atoms with Crippen molar-refractivity contribution in [2.24, 2.45) is 0 Å². The molecule has 0 spiro atoms. The predicted molar refractivity (Wildman–Crippen MR) is 62.4 cm³/mol. The van der Waals surface area contributed by atoms with E-state index in [0.29, 0.717) is 12.1 Å². The average molecular weight is 255 g/mol. The van der Waals surface area contributed by atoms with Crippen LogP contribution in [0.1, 0.15) is 18.5 Å². The minimum Gasteiger partial charge on any atom is -0.314 e. The van der Waals surface area contributed by atoms with Crippen molar-refractivity contribution >= 4 is 15.9 Å². The lowest BCUT2D eigenvalue weighted by atomic mass is 10.1. The molecule has 0 radical (unpaired) electrons. The topological polar surface area (TPSA) is 24.1 Å². The minimum absolute atomic E-state index is 0.440. The molecule has 1 saturated heterocycles. The van der Waals surface area contributed by atoms with Crippen LogP contribution in [0.2, 0.25) is 0 Å². The Morgan fingerprint density at radius 3 is 2.50 bits per heavy atom. The van der Waals surface area contributed by atoms with Crippen molar-refractivity contribution < 1.29 is 0 Å². The van der Waals surface area contributed by atoms with Gasteiger partial charge < -0.3 is 10.6 Å². The minimum atomic E-state index is 0.440. The molecule has 1 unspecified atom stereocenters. The van der Waals surface area contributed by atoms with Crippen LogP contribution in [0, 0.1) is 0 Å². The molecule has 1 aromatic carbocycles. The molecule has 1 aliphatic rings. The van der Waals surface area contributed by atoms with Gasteiger partial charge in [-0.05, 0) is 24.6 Å². The Morgan fingerprint density at radius 1 is 1.36 bits per heavy atom. The summed E-state index contributed by atoms with van der Waals surface area (Å²) in [5.41, 5.74) is 1.35. The molecule has 0 aromatic heterocycles. The van der Waals surface area contributed by atoms with Gasteiger partial charge in [-0.2, -0.15) is 0 Å². The smallest absolute Gasteiger partial charge is 0.0322 e. The lowest BCUT2D eigenvalue weighted by Gasteiger charge is -2.31. The molecule has 1 aromatic rings. The molecule has 2 N–H and O–H groups in total. The summed E-state index contributed by atoms with van der Waals surface area (Å²) in [6, 6.07) is 9.59. The van der Waals surface area contributed by atoms with Crippen LogP contribution in [-0.2, 0) is 0 Å². The molecule has 3 heteroatoms. The molecule has 0 amide bonds. The lowest BCUT2D eigenvalue weighted by molar-refractivity contribution is 0.338. The second kappa shape index (κ2) is 4.43. The van der Waals surface area contributed by atoms with E-state index < -0.39 is 0 Å². The summed E-state index contributed by atoms with van der Waals surface area (Å²) in [7, 11) is 0. The van der Waals surface area contributed by atoms with Crippen molar-refractivity contribution in [2.45, 2.75) is 19.0 Å². The molecule has 2 rings (SSSR count). The van der Waals surface area contributed by atoms with Crippen LogP contribution in [0.15, 0.2) is 28.7 Å². The Bertz CT molecular complexity index is 293. The summed E-state index contributed by atoms with van der Waals surface area (Å²) in [6.07, 6.45) is 0. The average Bonchev–Trinajstić information content (AvgIpc) is 2.12. The first-order chi connectivity index (χ1) is 6.75. The van der Waals surface area contributed by atoms with E-state index in [9.17, 15) is 0 Å². The summed E-state index contributed by atoms with van der Waals surface area (Å²) in [5, 5.41) is 6.83. The molecule has 1 aliphatic heterocycles. The monoisotopic (exact) mass is 254 g/mol. The van der Waals surface area contributed by atoms with Gasteiger partial charge in [-0.15, -0.1) is 0 Å². The van der Waals surface area contributed by atoms with Crippen LogP contribution in [0.3, 0.4) is 0 Å². The number of benzene rings is 1. The Labute approximate surface area is 93.2 Å². The number of halogens is 1. The number of hydrogen-bond acceptors (Lipinski definition) is 2. The van der Waals surface area contributed by atoms with Gasteiger partial charge in [0, 0.05) is 29.6 Å².